The SMILES string of the molecule is CN1C(=O)C2(CCN(C(=O)c3cncnc3)CC2)C[C@@H]1Cc1ccccc1. The molecule has 1 aromatic heterocycles. The van der Waals surface area contributed by atoms with Gasteiger partial charge in [-0.3, -0.25) is 9.59 Å². The lowest BCUT2D eigenvalue weighted by molar-refractivity contribution is -0.137. The molecule has 6 nitrogen and oxygen atoms in total. The lowest BCUT2D eigenvalue weighted by Crippen LogP contribution is -2.46. The van der Waals surface area contributed by atoms with Crippen LogP contribution in [0.2, 0.25) is 0 Å². The van der Waals surface area contributed by atoms with Crippen LogP contribution < -0.4 is 0 Å². The first-order valence-corrected chi connectivity index (χ1v) is 9.44. The first kappa shape index (κ1) is 17.6. The molecule has 6 heteroatoms. The minimum atomic E-state index is -0.321. The summed E-state index contributed by atoms with van der Waals surface area (Å²) in [6, 6.07) is 10.6. The Kier molecular flexibility index (Phi) is 4.64. The number of carbonyl (C=O) groups excluding carboxylic acids is 2. The minimum absolute atomic E-state index is 0.0508. The number of amides is 2. The predicted octanol–water partition coefficient (Wildman–Crippen LogP) is 2.17. The average molecular weight is 364 g/mol. The second-order valence-corrected chi connectivity index (χ2v) is 7.66. The predicted molar refractivity (Wildman–Crippen MR) is 101 cm³/mol. The van der Waals surface area contributed by atoms with Crippen LogP contribution in [-0.2, 0) is 11.2 Å². The van der Waals surface area contributed by atoms with E-state index in [4.69, 9.17) is 0 Å². The number of likely N-dealkylation sites (tertiary alicyclic amines) is 2. The summed E-state index contributed by atoms with van der Waals surface area (Å²) in [7, 11) is 1.92. The minimum Gasteiger partial charge on any atom is -0.342 e. The van der Waals surface area contributed by atoms with Crippen molar-refractivity contribution in [3.63, 3.8) is 0 Å². The maximum atomic E-state index is 13.0. The summed E-state index contributed by atoms with van der Waals surface area (Å²) >= 11 is 0. The van der Waals surface area contributed by atoms with E-state index in [0.29, 0.717) is 18.7 Å². The topological polar surface area (TPSA) is 66.4 Å². The first-order chi connectivity index (χ1) is 13.1. The molecule has 1 spiro atoms. The summed E-state index contributed by atoms with van der Waals surface area (Å²) in [5, 5.41) is 0. The zero-order valence-corrected chi connectivity index (χ0v) is 15.5. The van der Waals surface area contributed by atoms with Crippen molar-refractivity contribution in [2.75, 3.05) is 20.1 Å². The van der Waals surface area contributed by atoms with Gasteiger partial charge in [-0.15, -0.1) is 0 Å². The number of hydrogen-bond acceptors (Lipinski definition) is 4. The number of nitrogens with zero attached hydrogens (tertiary/aromatic N) is 4. The van der Waals surface area contributed by atoms with Gasteiger partial charge in [-0.25, -0.2) is 9.97 Å². The number of benzene rings is 1. The molecule has 1 atom stereocenters. The van der Waals surface area contributed by atoms with Crippen LogP contribution in [0.1, 0.15) is 35.2 Å². The van der Waals surface area contributed by atoms with E-state index < -0.39 is 0 Å². The van der Waals surface area contributed by atoms with Crippen molar-refractivity contribution in [1.29, 1.82) is 0 Å². The highest BCUT2D eigenvalue weighted by atomic mass is 16.2. The van der Waals surface area contributed by atoms with Crippen LogP contribution in [0.3, 0.4) is 0 Å². The van der Waals surface area contributed by atoms with E-state index in [0.717, 1.165) is 25.7 Å². The van der Waals surface area contributed by atoms with Gasteiger partial charge in [0.25, 0.3) is 5.91 Å². The van der Waals surface area contributed by atoms with E-state index in [9.17, 15) is 9.59 Å². The normalized spacial score (nSPS) is 21.7. The molecule has 27 heavy (non-hydrogen) atoms. The van der Waals surface area contributed by atoms with E-state index in [1.54, 1.807) is 12.4 Å². The van der Waals surface area contributed by atoms with Crippen molar-refractivity contribution < 1.29 is 9.59 Å². The third kappa shape index (κ3) is 3.31. The van der Waals surface area contributed by atoms with Gasteiger partial charge in [0.05, 0.1) is 11.0 Å². The van der Waals surface area contributed by atoms with E-state index in [2.05, 4.69) is 22.1 Å². The van der Waals surface area contributed by atoms with Gasteiger partial charge in [0.1, 0.15) is 6.33 Å². The number of likely N-dealkylation sites (N-methyl/N-ethyl adjacent to an activating group) is 1. The fourth-order valence-corrected chi connectivity index (χ4v) is 4.46. The molecule has 2 amide bonds. The second kappa shape index (κ2) is 7.10. The van der Waals surface area contributed by atoms with Crippen LogP contribution in [0, 0.1) is 5.41 Å². The van der Waals surface area contributed by atoms with Crippen molar-refractivity contribution in [1.82, 2.24) is 19.8 Å². The lowest BCUT2D eigenvalue weighted by atomic mass is 9.75. The van der Waals surface area contributed by atoms with Crippen LogP contribution in [0.5, 0.6) is 0 Å². The van der Waals surface area contributed by atoms with Gasteiger partial charge < -0.3 is 9.80 Å². The second-order valence-electron chi connectivity index (χ2n) is 7.66. The summed E-state index contributed by atoms with van der Waals surface area (Å²) in [6.07, 6.45) is 7.71. The Morgan fingerprint density at radius 1 is 1.15 bits per heavy atom. The van der Waals surface area contributed by atoms with Gasteiger partial charge in [0, 0.05) is 38.6 Å². The Labute approximate surface area is 159 Å². The molecular weight excluding hydrogens is 340 g/mol. The molecular formula is C21H24N4O2. The Morgan fingerprint density at radius 3 is 2.48 bits per heavy atom. The van der Waals surface area contributed by atoms with Crippen molar-refractivity contribution in [3.05, 3.63) is 60.2 Å². The van der Waals surface area contributed by atoms with Gasteiger partial charge in [0.2, 0.25) is 5.91 Å². The molecule has 4 rings (SSSR count). The maximum absolute atomic E-state index is 13.0. The van der Waals surface area contributed by atoms with Gasteiger partial charge in [0.15, 0.2) is 0 Å². The van der Waals surface area contributed by atoms with Crippen molar-refractivity contribution >= 4 is 11.8 Å². The lowest BCUT2D eigenvalue weighted by Gasteiger charge is -2.37. The molecule has 0 unspecified atom stereocenters. The number of aromatic nitrogens is 2. The zero-order valence-electron chi connectivity index (χ0n) is 15.5. The Balaban J connectivity index is 1.43. The highest BCUT2D eigenvalue weighted by molar-refractivity contribution is 5.94. The third-order valence-electron chi connectivity index (χ3n) is 6.08. The highest BCUT2D eigenvalue weighted by Crippen LogP contribution is 2.44. The standard InChI is InChI=1S/C21H24N4O2/c1-24-18(11-16-5-3-2-4-6-16)12-21(20(24)27)7-9-25(10-8-21)19(26)17-13-22-15-23-14-17/h2-6,13-15,18H,7-12H2,1H3/t18-/m0/s1. The van der Waals surface area contributed by atoms with E-state index in [1.165, 1.54) is 11.9 Å². The third-order valence-corrected chi connectivity index (χ3v) is 6.08. The number of hydrogen-bond donors (Lipinski definition) is 0. The van der Waals surface area contributed by atoms with Crippen LogP contribution in [0.25, 0.3) is 0 Å². The van der Waals surface area contributed by atoms with Gasteiger partial charge in [-0.05, 0) is 31.2 Å². The van der Waals surface area contributed by atoms with Gasteiger partial charge in [-0.2, -0.15) is 0 Å². The molecule has 0 bridgehead atoms. The van der Waals surface area contributed by atoms with E-state index >= 15 is 0 Å². The van der Waals surface area contributed by atoms with Crippen LogP contribution in [0.4, 0.5) is 0 Å². The fraction of sp³-hybridized carbons (Fsp3) is 0.429. The van der Waals surface area contributed by atoms with Crippen LogP contribution in [-0.4, -0.2) is 57.8 Å². The van der Waals surface area contributed by atoms with Gasteiger partial charge in [-0.1, -0.05) is 30.3 Å². The summed E-state index contributed by atoms with van der Waals surface area (Å²) in [4.78, 5) is 37.2. The molecule has 0 saturated carbocycles. The van der Waals surface area contributed by atoms with Crippen LogP contribution in [0.15, 0.2) is 49.1 Å². The molecule has 1 aromatic carbocycles. The molecule has 2 fully saturated rings. The number of piperidine rings is 1. The quantitative estimate of drug-likeness (QED) is 0.837. The van der Waals surface area contributed by atoms with Crippen molar-refractivity contribution in [2.24, 2.45) is 5.41 Å². The largest absolute Gasteiger partial charge is 0.342 e. The maximum Gasteiger partial charge on any atom is 0.256 e. The smallest absolute Gasteiger partial charge is 0.256 e. The molecule has 0 radical (unpaired) electrons. The summed E-state index contributed by atoms with van der Waals surface area (Å²) < 4.78 is 0. The zero-order chi connectivity index (χ0) is 18.9. The molecule has 0 aliphatic carbocycles. The Morgan fingerprint density at radius 2 is 1.81 bits per heavy atom. The molecule has 3 heterocycles. The number of carbonyl (C=O) groups is 2. The molecule has 2 aromatic rings. The van der Waals surface area contributed by atoms with Crippen molar-refractivity contribution in [3.8, 4) is 0 Å². The fourth-order valence-electron chi connectivity index (χ4n) is 4.46. The summed E-state index contributed by atoms with van der Waals surface area (Å²) in [5.74, 6) is 0.184. The summed E-state index contributed by atoms with van der Waals surface area (Å²) in [5.41, 5.74) is 1.44. The van der Waals surface area contributed by atoms with Gasteiger partial charge >= 0.3 is 0 Å². The molecule has 140 valence electrons. The highest BCUT2D eigenvalue weighted by Gasteiger charge is 2.51. The number of rotatable bonds is 3. The van der Waals surface area contributed by atoms with Crippen molar-refractivity contribution in [2.45, 2.75) is 31.7 Å². The molecule has 2 saturated heterocycles. The molecule has 2 aliphatic rings. The first-order valence-electron chi connectivity index (χ1n) is 9.44. The average Bonchev–Trinajstić information content (AvgIpc) is 2.94. The van der Waals surface area contributed by atoms with Crippen LogP contribution >= 0.6 is 0 Å². The summed E-state index contributed by atoms with van der Waals surface area (Å²) in [6.45, 7) is 1.21. The van der Waals surface area contributed by atoms with E-state index in [1.807, 2.05) is 35.0 Å². The Hall–Kier alpha value is -2.76. The molecule has 0 N–H and O–H groups in total. The van der Waals surface area contributed by atoms with E-state index in [-0.39, 0.29) is 23.3 Å². The monoisotopic (exact) mass is 364 g/mol. The molecule has 2 aliphatic heterocycles. The Bertz CT molecular complexity index is 817.